The van der Waals surface area contributed by atoms with E-state index in [-0.39, 0.29) is 0 Å². The fourth-order valence-corrected chi connectivity index (χ4v) is 1.93. The summed E-state index contributed by atoms with van der Waals surface area (Å²) in [5.74, 6) is -0.975. The van der Waals surface area contributed by atoms with E-state index >= 15 is 0 Å². The molecule has 1 aromatic rings. The Hall–Kier alpha value is -1.61. The molecule has 17 heavy (non-hydrogen) atoms. The summed E-state index contributed by atoms with van der Waals surface area (Å²) in [5.41, 5.74) is 1.91. The highest BCUT2D eigenvalue weighted by atomic mass is 35.5. The van der Waals surface area contributed by atoms with Crippen LogP contribution in [-0.2, 0) is 4.79 Å². The summed E-state index contributed by atoms with van der Waals surface area (Å²) in [7, 11) is 0. The predicted octanol–water partition coefficient (Wildman–Crippen LogP) is 2.84. The zero-order chi connectivity index (χ0) is 12.6. The number of carbonyl (C=O) groups is 2. The molecule has 0 unspecified atom stereocenters. The van der Waals surface area contributed by atoms with Crippen LogP contribution in [0.4, 0.5) is 5.69 Å². The monoisotopic (exact) mass is 249 g/mol. The average molecular weight is 250 g/mol. The Labute approximate surface area is 105 Å². The lowest BCUT2D eigenvalue weighted by atomic mass is 10.1. The fraction of sp³-hybridized carbons (Fsp3) is 0.231. The molecule has 0 radical (unpaired) electrons. The second-order valence-electron chi connectivity index (χ2n) is 3.99. The summed E-state index contributed by atoms with van der Waals surface area (Å²) in [6.07, 6.45) is 0.772. The first-order chi connectivity index (χ1) is 8.04. The third kappa shape index (κ3) is 1.98. The van der Waals surface area contributed by atoms with Crippen molar-refractivity contribution < 1.29 is 9.59 Å². The number of hydrogen-bond donors (Lipinski definition) is 0. The lowest BCUT2D eigenvalue weighted by Crippen LogP contribution is -2.31. The average Bonchev–Trinajstić information content (AvgIpc) is 2.54. The van der Waals surface area contributed by atoms with Gasteiger partial charge in [0.25, 0.3) is 11.7 Å². The second kappa shape index (κ2) is 4.34. The van der Waals surface area contributed by atoms with Gasteiger partial charge in [0, 0.05) is 11.6 Å². The molecule has 0 fully saturated rings. The van der Waals surface area contributed by atoms with Crippen LogP contribution in [-0.4, -0.2) is 18.2 Å². The number of rotatable bonds is 3. The van der Waals surface area contributed by atoms with Gasteiger partial charge in [0.05, 0.1) is 11.3 Å². The molecule has 1 amide bonds. The van der Waals surface area contributed by atoms with Crippen LogP contribution in [0.5, 0.6) is 0 Å². The van der Waals surface area contributed by atoms with Gasteiger partial charge in [0.1, 0.15) is 0 Å². The minimum absolute atomic E-state index is 0.369. The van der Waals surface area contributed by atoms with E-state index in [1.807, 2.05) is 6.92 Å². The van der Waals surface area contributed by atoms with E-state index in [1.54, 1.807) is 18.2 Å². The highest BCUT2D eigenvalue weighted by Crippen LogP contribution is 2.32. The number of ketones is 1. The van der Waals surface area contributed by atoms with Gasteiger partial charge in [-0.2, -0.15) is 0 Å². The Morgan fingerprint density at radius 3 is 2.76 bits per heavy atom. The van der Waals surface area contributed by atoms with Crippen molar-refractivity contribution in [2.75, 3.05) is 11.4 Å². The number of benzene rings is 1. The topological polar surface area (TPSA) is 37.4 Å². The SMILES string of the molecule is C=C(CC)CN1C(=O)C(=O)c2ccc(Cl)cc21. The van der Waals surface area contributed by atoms with E-state index in [2.05, 4.69) is 6.58 Å². The molecule has 0 saturated carbocycles. The minimum atomic E-state index is -0.503. The normalized spacial score (nSPS) is 14.1. The summed E-state index contributed by atoms with van der Waals surface area (Å²) in [5, 5.41) is 0.512. The maximum absolute atomic E-state index is 11.8. The molecule has 3 nitrogen and oxygen atoms in total. The molecule has 1 aliphatic heterocycles. The lowest BCUT2D eigenvalue weighted by molar-refractivity contribution is -0.114. The Kier molecular flexibility index (Phi) is 3.03. The third-order valence-electron chi connectivity index (χ3n) is 2.82. The zero-order valence-corrected chi connectivity index (χ0v) is 10.3. The van der Waals surface area contributed by atoms with Gasteiger partial charge in [-0.15, -0.1) is 0 Å². The third-order valence-corrected chi connectivity index (χ3v) is 3.05. The minimum Gasteiger partial charge on any atom is -0.301 e. The van der Waals surface area contributed by atoms with Crippen molar-refractivity contribution in [3.8, 4) is 0 Å². The van der Waals surface area contributed by atoms with Crippen molar-refractivity contribution in [2.24, 2.45) is 0 Å². The number of hydrogen-bond acceptors (Lipinski definition) is 2. The first-order valence-corrected chi connectivity index (χ1v) is 5.74. The van der Waals surface area contributed by atoms with Crippen LogP contribution in [0.1, 0.15) is 23.7 Å². The zero-order valence-electron chi connectivity index (χ0n) is 9.50. The molecule has 1 aliphatic rings. The van der Waals surface area contributed by atoms with E-state index < -0.39 is 11.7 Å². The number of halogens is 1. The molecule has 0 N–H and O–H groups in total. The van der Waals surface area contributed by atoms with Crippen LogP contribution in [0.25, 0.3) is 0 Å². The van der Waals surface area contributed by atoms with Gasteiger partial charge >= 0.3 is 0 Å². The molecule has 2 rings (SSSR count). The van der Waals surface area contributed by atoms with Crippen LogP contribution in [0.3, 0.4) is 0 Å². The number of carbonyl (C=O) groups excluding carboxylic acids is 2. The Balaban J connectivity index is 2.42. The van der Waals surface area contributed by atoms with Crippen LogP contribution >= 0.6 is 11.6 Å². The maximum Gasteiger partial charge on any atom is 0.299 e. The molecule has 88 valence electrons. The highest BCUT2D eigenvalue weighted by molar-refractivity contribution is 6.52. The maximum atomic E-state index is 11.8. The fourth-order valence-electron chi connectivity index (χ4n) is 1.76. The predicted molar refractivity (Wildman–Crippen MR) is 67.6 cm³/mol. The van der Waals surface area contributed by atoms with Gasteiger partial charge in [0.15, 0.2) is 0 Å². The molecule has 0 aromatic heterocycles. The smallest absolute Gasteiger partial charge is 0.299 e. The van der Waals surface area contributed by atoms with Crippen LogP contribution in [0.15, 0.2) is 30.4 Å². The lowest BCUT2D eigenvalue weighted by Gasteiger charge is -2.17. The van der Waals surface area contributed by atoms with Crippen molar-refractivity contribution in [3.05, 3.63) is 40.9 Å². The van der Waals surface area contributed by atoms with Crippen molar-refractivity contribution in [1.82, 2.24) is 0 Å². The Morgan fingerprint density at radius 1 is 1.41 bits per heavy atom. The van der Waals surface area contributed by atoms with Crippen molar-refractivity contribution in [1.29, 1.82) is 0 Å². The summed E-state index contributed by atoms with van der Waals surface area (Å²) in [4.78, 5) is 25.0. The van der Waals surface area contributed by atoms with E-state index in [0.717, 1.165) is 12.0 Å². The van der Waals surface area contributed by atoms with Gasteiger partial charge in [-0.25, -0.2) is 0 Å². The van der Waals surface area contributed by atoms with Gasteiger partial charge in [-0.3, -0.25) is 9.59 Å². The largest absolute Gasteiger partial charge is 0.301 e. The number of anilines is 1. The van der Waals surface area contributed by atoms with E-state index in [0.29, 0.717) is 22.8 Å². The first kappa shape index (κ1) is 11.9. The number of nitrogens with zero attached hydrogens (tertiary/aromatic N) is 1. The van der Waals surface area contributed by atoms with Gasteiger partial charge in [-0.05, 0) is 24.6 Å². The van der Waals surface area contributed by atoms with E-state index in [1.165, 1.54) is 4.90 Å². The highest BCUT2D eigenvalue weighted by Gasteiger charge is 2.35. The molecular weight excluding hydrogens is 238 g/mol. The van der Waals surface area contributed by atoms with Crippen LogP contribution in [0.2, 0.25) is 5.02 Å². The molecule has 0 saturated heterocycles. The number of fused-ring (bicyclic) bond motifs is 1. The second-order valence-corrected chi connectivity index (χ2v) is 4.42. The van der Waals surface area contributed by atoms with Crippen molar-refractivity contribution in [2.45, 2.75) is 13.3 Å². The Morgan fingerprint density at radius 2 is 2.12 bits per heavy atom. The Bertz CT molecular complexity index is 522. The number of Topliss-reactive ketones (excluding diaryl/α,β-unsaturated/α-hetero) is 1. The number of amides is 1. The summed E-state index contributed by atoms with van der Waals surface area (Å²) in [6, 6.07) is 4.85. The molecule has 4 heteroatoms. The molecule has 1 aromatic carbocycles. The molecule has 0 spiro atoms. The summed E-state index contributed by atoms with van der Waals surface area (Å²) in [6.45, 7) is 6.18. The van der Waals surface area contributed by atoms with Crippen molar-refractivity contribution >= 4 is 29.0 Å². The van der Waals surface area contributed by atoms with Gasteiger partial charge in [0.2, 0.25) is 0 Å². The first-order valence-electron chi connectivity index (χ1n) is 5.37. The quantitative estimate of drug-likeness (QED) is 0.610. The van der Waals surface area contributed by atoms with Crippen LogP contribution < -0.4 is 4.90 Å². The van der Waals surface area contributed by atoms with Gasteiger partial charge in [-0.1, -0.05) is 30.7 Å². The summed E-state index contributed by atoms with van der Waals surface area (Å²) < 4.78 is 0. The molecule has 1 heterocycles. The summed E-state index contributed by atoms with van der Waals surface area (Å²) >= 11 is 5.88. The molecular formula is C13H12ClNO2. The van der Waals surface area contributed by atoms with E-state index in [9.17, 15) is 9.59 Å². The molecule has 0 bridgehead atoms. The van der Waals surface area contributed by atoms with Crippen molar-refractivity contribution in [3.63, 3.8) is 0 Å². The molecule has 0 aliphatic carbocycles. The van der Waals surface area contributed by atoms with E-state index in [4.69, 9.17) is 11.6 Å². The van der Waals surface area contributed by atoms with Gasteiger partial charge < -0.3 is 4.90 Å². The van der Waals surface area contributed by atoms with Crippen LogP contribution in [0, 0.1) is 0 Å². The molecule has 0 atom stereocenters. The standard InChI is InChI=1S/C13H12ClNO2/c1-3-8(2)7-15-11-6-9(14)4-5-10(11)12(16)13(15)17/h4-6H,2-3,7H2,1H3.